The minimum absolute atomic E-state index is 0.0338. The van der Waals surface area contributed by atoms with Gasteiger partial charge < -0.3 is 16.0 Å². The fourth-order valence-electron chi connectivity index (χ4n) is 2.70. The third-order valence-corrected chi connectivity index (χ3v) is 4.13. The van der Waals surface area contributed by atoms with Gasteiger partial charge in [0.05, 0.1) is 17.9 Å². The molecule has 1 saturated heterocycles. The van der Waals surface area contributed by atoms with Gasteiger partial charge >= 0.3 is 0 Å². The number of nitrogens with one attached hydrogen (secondary N) is 3. The molecule has 1 saturated carbocycles. The quantitative estimate of drug-likeness (QED) is 0.739. The SMILES string of the molecule is CC1CCNC(C(=O)Nc2cnn(CC(=O)NC3CC3)c2)C1. The van der Waals surface area contributed by atoms with Gasteiger partial charge in [-0.2, -0.15) is 5.10 Å². The molecule has 120 valence electrons. The first-order chi connectivity index (χ1) is 10.6. The summed E-state index contributed by atoms with van der Waals surface area (Å²) in [5, 5.41) is 13.1. The van der Waals surface area contributed by atoms with Gasteiger partial charge in [-0.15, -0.1) is 0 Å². The number of aromatic nitrogens is 2. The van der Waals surface area contributed by atoms with Crippen molar-refractivity contribution in [1.29, 1.82) is 0 Å². The highest BCUT2D eigenvalue weighted by molar-refractivity contribution is 5.94. The maximum absolute atomic E-state index is 12.2. The number of nitrogens with zero attached hydrogens (tertiary/aromatic N) is 2. The van der Waals surface area contributed by atoms with Gasteiger partial charge in [-0.3, -0.25) is 14.3 Å². The summed E-state index contributed by atoms with van der Waals surface area (Å²) in [6.07, 6.45) is 7.37. The molecule has 1 aromatic rings. The molecule has 2 heterocycles. The molecule has 2 atom stereocenters. The predicted molar refractivity (Wildman–Crippen MR) is 82.2 cm³/mol. The molecule has 2 amide bonds. The lowest BCUT2D eigenvalue weighted by Gasteiger charge is -2.26. The summed E-state index contributed by atoms with van der Waals surface area (Å²) in [4.78, 5) is 23.9. The van der Waals surface area contributed by atoms with E-state index in [1.807, 2.05) is 0 Å². The Morgan fingerprint density at radius 1 is 1.41 bits per heavy atom. The summed E-state index contributed by atoms with van der Waals surface area (Å²) >= 11 is 0. The topological polar surface area (TPSA) is 88.1 Å². The summed E-state index contributed by atoms with van der Waals surface area (Å²) in [5.74, 6) is 0.491. The van der Waals surface area contributed by atoms with Gasteiger partial charge in [0.15, 0.2) is 0 Å². The number of hydrogen-bond acceptors (Lipinski definition) is 4. The van der Waals surface area contributed by atoms with Crippen LogP contribution in [0.1, 0.15) is 32.6 Å². The third kappa shape index (κ3) is 4.07. The molecule has 2 fully saturated rings. The van der Waals surface area contributed by atoms with E-state index in [2.05, 4.69) is 28.0 Å². The van der Waals surface area contributed by atoms with E-state index in [0.717, 1.165) is 32.2 Å². The van der Waals surface area contributed by atoms with Crippen LogP contribution in [0.3, 0.4) is 0 Å². The van der Waals surface area contributed by atoms with Crippen molar-refractivity contribution < 1.29 is 9.59 Å². The lowest BCUT2D eigenvalue weighted by atomic mass is 9.94. The Bertz CT molecular complexity index is 552. The van der Waals surface area contributed by atoms with Crippen LogP contribution in [0.25, 0.3) is 0 Å². The molecule has 2 unspecified atom stereocenters. The van der Waals surface area contributed by atoms with Gasteiger partial charge in [-0.25, -0.2) is 0 Å². The van der Waals surface area contributed by atoms with E-state index < -0.39 is 0 Å². The summed E-state index contributed by atoms with van der Waals surface area (Å²) < 4.78 is 1.55. The first-order valence-corrected chi connectivity index (χ1v) is 7.96. The molecule has 3 N–H and O–H groups in total. The molecule has 7 heteroatoms. The van der Waals surface area contributed by atoms with E-state index in [1.165, 1.54) is 0 Å². The first kappa shape index (κ1) is 15.0. The van der Waals surface area contributed by atoms with Crippen molar-refractivity contribution >= 4 is 17.5 Å². The molecule has 7 nitrogen and oxygen atoms in total. The van der Waals surface area contributed by atoms with Crippen LogP contribution in [0.5, 0.6) is 0 Å². The third-order valence-electron chi connectivity index (χ3n) is 4.13. The standard InChI is InChI=1S/C15H23N5O2/c1-10-4-5-16-13(6-10)15(22)19-12-7-17-20(8-12)9-14(21)18-11-2-3-11/h7-8,10-11,13,16H,2-6,9H2,1H3,(H,18,21)(H,19,22). The first-order valence-electron chi connectivity index (χ1n) is 7.96. The number of amides is 2. The highest BCUT2D eigenvalue weighted by Crippen LogP contribution is 2.18. The average molecular weight is 305 g/mol. The zero-order chi connectivity index (χ0) is 15.5. The van der Waals surface area contributed by atoms with Crippen molar-refractivity contribution in [3.05, 3.63) is 12.4 Å². The van der Waals surface area contributed by atoms with Crippen LogP contribution < -0.4 is 16.0 Å². The molecular weight excluding hydrogens is 282 g/mol. The van der Waals surface area contributed by atoms with Crippen molar-refractivity contribution in [3.63, 3.8) is 0 Å². The van der Waals surface area contributed by atoms with E-state index in [9.17, 15) is 9.59 Å². The number of piperidine rings is 1. The maximum atomic E-state index is 12.2. The number of rotatable bonds is 5. The van der Waals surface area contributed by atoms with Crippen LogP contribution in [0.2, 0.25) is 0 Å². The Morgan fingerprint density at radius 2 is 2.23 bits per heavy atom. The molecule has 0 bridgehead atoms. The van der Waals surface area contributed by atoms with Gasteiger partial charge in [0.25, 0.3) is 0 Å². The highest BCUT2D eigenvalue weighted by Gasteiger charge is 2.25. The normalized spacial score (nSPS) is 24.8. The molecule has 22 heavy (non-hydrogen) atoms. The zero-order valence-electron chi connectivity index (χ0n) is 12.8. The number of hydrogen-bond donors (Lipinski definition) is 3. The Labute approximate surface area is 129 Å². The van der Waals surface area contributed by atoms with Crippen molar-refractivity contribution in [3.8, 4) is 0 Å². The largest absolute Gasteiger partial charge is 0.352 e. The Balaban J connectivity index is 1.50. The predicted octanol–water partition coefficient (Wildman–Crippen LogP) is 0.488. The van der Waals surface area contributed by atoms with Crippen LogP contribution in [0, 0.1) is 5.92 Å². The molecule has 1 aliphatic carbocycles. The lowest BCUT2D eigenvalue weighted by molar-refractivity contribution is -0.122. The van der Waals surface area contributed by atoms with E-state index in [1.54, 1.807) is 17.1 Å². The van der Waals surface area contributed by atoms with Gasteiger partial charge in [0.1, 0.15) is 6.54 Å². The van der Waals surface area contributed by atoms with Crippen LogP contribution in [-0.2, 0) is 16.1 Å². The molecule has 2 aliphatic rings. The molecule has 0 radical (unpaired) electrons. The molecule has 3 rings (SSSR count). The lowest BCUT2D eigenvalue weighted by Crippen LogP contribution is -2.45. The summed E-state index contributed by atoms with van der Waals surface area (Å²) in [5.41, 5.74) is 0.629. The number of anilines is 1. The van der Waals surface area contributed by atoms with E-state index in [4.69, 9.17) is 0 Å². The highest BCUT2D eigenvalue weighted by atomic mass is 16.2. The summed E-state index contributed by atoms with van der Waals surface area (Å²) in [7, 11) is 0. The Morgan fingerprint density at radius 3 is 2.95 bits per heavy atom. The second kappa shape index (κ2) is 6.48. The minimum atomic E-state index is -0.148. The smallest absolute Gasteiger partial charge is 0.241 e. The van der Waals surface area contributed by atoms with Gasteiger partial charge in [-0.05, 0) is 38.1 Å². The monoisotopic (exact) mass is 305 g/mol. The fraction of sp³-hybridized carbons (Fsp3) is 0.667. The molecular formula is C15H23N5O2. The maximum Gasteiger partial charge on any atom is 0.241 e. The van der Waals surface area contributed by atoms with E-state index in [-0.39, 0.29) is 24.4 Å². The Kier molecular flexibility index (Phi) is 4.42. The van der Waals surface area contributed by atoms with Crippen LogP contribution in [0.4, 0.5) is 5.69 Å². The fourth-order valence-corrected chi connectivity index (χ4v) is 2.70. The van der Waals surface area contributed by atoms with Gasteiger partial charge in [-0.1, -0.05) is 6.92 Å². The molecule has 0 aromatic carbocycles. The second-order valence-electron chi connectivity index (χ2n) is 6.39. The van der Waals surface area contributed by atoms with Gasteiger partial charge in [0, 0.05) is 12.2 Å². The van der Waals surface area contributed by atoms with Crippen molar-refractivity contribution in [2.75, 3.05) is 11.9 Å². The molecule has 0 spiro atoms. The average Bonchev–Trinajstić information content (AvgIpc) is 3.18. The zero-order valence-corrected chi connectivity index (χ0v) is 12.8. The van der Waals surface area contributed by atoms with Crippen LogP contribution in [-0.4, -0.2) is 40.2 Å². The van der Waals surface area contributed by atoms with Crippen molar-refractivity contribution in [2.24, 2.45) is 5.92 Å². The summed E-state index contributed by atoms with van der Waals surface area (Å²) in [6, 6.07) is 0.201. The summed E-state index contributed by atoms with van der Waals surface area (Å²) in [6.45, 7) is 3.22. The van der Waals surface area contributed by atoms with E-state index >= 15 is 0 Å². The number of carbonyl (C=O) groups excluding carboxylic acids is 2. The van der Waals surface area contributed by atoms with Crippen molar-refractivity contribution in [1.82, 2.24) is 20.4 Å². The molecule has 1 aromatic heterocycles. The molecule has 1 aliphatic heterocycles. The van der Waals surface area contributed by atoms with E-state index in [0.29, 0.717) is 17.6 Å². The van der Waals surface area contributed by atoms with Crippen LogP contribution in [0.15, 0.2) is 12.4 Å². The minimum Gasteiger partial charge on any atom is -0.352 e. The van der Waals surface area contributed by atoms with Gasteiger partial charge in [0.2, 0.25) is 11.8 Å². The number of carbonyl (C=O) groups is 2. The van der Waals surface area contributed by atoms with Crippen LogP contribution >= 0.6 is 0 Å². The Hall–Kier alpha value is -1.89. The van der Waals surface area contributed by atoms with Crippen molar-refractivity contribution in [2.45, 2.75) is 51.2 Å². The second-order valence-corrected chi connectivity index (χ2v) is 6.39.